The number of fused-ring (bicyclic) bond motifs is 6. The molecule has 5 nitrogen and oxygen atoms in total. The summed E-state index contributed by atoms with van der Waals surface area (Å²) in [6.45, 7) is 0. The minimum Gasteiger partial charge on any atom is -0.455 e. The van der Waals surface area contributed by atoms with E-state index in [1.54, 1.807) is 0 Å². The Balaban J connectivity index is 1.14. The lowest BCUT2D eigenvalue weighted by atomic mass is 9.92. The van der Waals surface area contributed by atoms with Crippen LogP contribution in [0.5, 0.6) is 0 Å². The van der Waals surface area contributed by atoms with E-state index >= 15 is 0 Å². The van der Waals surface area contributed by atoms with Crippen LogP contribution in [0.2, 0.25) is 0 Å². The molecule has 0 aliphatic rings. The second kappa shape index (κ2) is 13.0. The van der Waals surface area contributed by atoms with E-state index < -0.39 is 0 Å². The molecule has 56 heavy (non-hydrogen) atoms. The molecular formula is C51H31N3O2. The highest BCUT2D eigenvalue weighted by atomic mass is 16.3. The van der Waals surface area contributed by atoms with Crippen LogP contribution in [0.4, 0.5) is 0 Å². The molecule has 0 amide bonds. The maximum absolute atomic E-state index is 6.81. The van der Waals surface area contributed by atoms with Gasteiger partial charge in [0, 0.05) is 38.2 Å². The molecule has 0 bridgehead atoms. The summed E-state index contributed by atoms with van der Waals surface area (Å²) in [4.78, 5) is 15.0. The smallest absolute Gasteiger partial charge is 0.167 e. The molecule has 0 fully saturated rings. The van der Waals surface area contributed by atoms with Gasteiger partial charge in [-0.3, -0.25) is 0 Å². The maximum Gasteiger partial charge on any atom is 0.167 e. The Morgan fingerprint density at radius 2 is 0.786 bits per heavy atom. The van der Waals surface area contributed by atoms with Crippen LogP contribution in [0.3, 0.4) is 0 Å². The molecule has 262 valence electrons. The predicted molar refractivity (Wildman–Crippen MR) is 227 cm³/mol. The van der Waals surface area contributed by atoms with Crippen molar-refractivity contribution in [3.05, 3.63) is 188 Å². The van der Waals surface area contributed by atoms with Gasteiger partial charge in [-0.05, 0) is 64.2 Å². The van der Waals surface area contributed by atoms with Crippen molar-refractivity contribution in [2.45, 2.75) is 0 Å². The summed E-state index contributed by atoms with van der Waals surface area (Å²) in [5, 5.41) is 4.11. The minimum absolute atomic E-state index is 0.545. The molecule has 0 aliphatic heterocycles. The molecule has 0 atom stereocenters. The van der Waals surface area contributed by atoms with Gasteiger partial charge in [-0.25, -0.2) is 15.0 Å². The molecule has 5 heteroatoms. The van der Waals surface area contributed by atoms with Gasteiger partial charge in [0.1, 0.15) is 22.3 Å². The van der Waals surface area contributed by atoms with Crippen LogP contribution < -0.4 is 0 Å². The average Bonchev–Trinajstić information content (AvgIpc) is 3.86. The number of hydrogen-bond donors (Lipinski definition) is 0. The Bertz CT molecular complexity index is 3180. The Kier molecular flexibility index (Phi) is 7.42. The molecule has 11 aromatic rings. The molecule has 0 radical (unpaired) electrons. The van der Waals surface area contributed by atoms with Gasteiger partial charge >= 0.3 is 0 Å². The van der Waals surface area contributed by atoms with Gasteiger partial charge < -0.3 is 8.83 Å². The van der Waals surface area contributed by atoms with Gasteiger partial charge in [0.05, 0.1) is 5.56 Å². The van der Waals surface area contributed by atoms with Crippen molar-refractivity contribution in [1.29, 1.82) is 0 Å². The second-order valence-corrected chi connectivity index (χ2v) is 13.9. The standard InChI is InChI=1S/C51H31N3O2/c1-4-15-32(16-5-1)35-21-12-22-36(29-35)37-30-42-38-23-10-11-27-44(38)55-48(42)43(31-37)39-24-14-28-45-46(39)40-25-13-26-41(47(40)56-45)51-53-49(33-17-6-2-7-18-33)52-50(54-51)34-19-8-3-9-20-34/h1-31H. The van der Waals surface area contributed by atoms with Crippen LogP contribution in [0.25, 0.3) is 111 Å². The molecule has 0 N–H and O–H groups in total. The number of para-hydroxylation sites is 2. The zero-order valence-corrected chi connectivity index (χ0v) is 30.1. The first kappa shape index (κ1) is 31.9. The van der Waals surface area contributed by atoms with Gasteiger partial charge in [0.2, 0.25) is 0 Å². The van der Waals surface area contributed by atoms with E-state index in [2.05, 4.69) is 103 Å². The molecule has 3 heterocycles. The zero-order chi connectivity index (χ0) is 37.0. The molecule has 11 rings (SSSR count). The third kappa shape index (κ3) is 5.37. The number of hydrogen-bond acceptors (Lipinski definition) is 5. The number of rotatable bonds is 6. The lowest BCUT2D eigenvalue weighted by Gasteiger charge is -2.11. The Hall–Kier alpha value is -7.63. The van der Waals surface area contributed by atoms with Crippen LogP contribution in [-0.2, 0) is 0 Å². The number of aromatic nitrogens is 3. The first-order valence-electron chi connectivity index (χ1n) is 18.7. The largest absolute Gasteiger partial charge is 0.455 e. The van der Waals surface area contributed by atoms with E-state index in [1.807, 2.05) is 84.9 Å². The fourth-order valence-corrected chi connectivity index (χ4v) is 7.88. The monoisotopic (exact) mass is 717 g/mol. The fourth-order valence-electron chi connectivity index (χ4n) is 7.88. The number of furan rings is 2. The average molecular weight is 718 g/mol. The predicted octanol–water partition coefficient (Wildman–Crippen LogP) is 13.7. The summed E-state index contributed by atoms with van der Waals surface area (Å²) in [6, 6.07) is 64.6. The van der Waals surface area contributed by atoms with Crippen LogP contribution in [0, 0.1) is 0 Å². The van der Waals surface area contributed by atoms with Gasteiger partial charge in [-0.1, -0.05) is 152 Å². The summed E-state index contributed by atoms with van der Waals surface area (Å²) >= 11 is 0. The molecule has 8 aromatic carbocycles. The summed E-state index contributed by atoms with van der Waals surface area (Å²) in [7, 11) is 0. The zero-order valence-electron chi connectivity index (χ0n) is 30.1. The molecule has 0 unspecified atom stereocenters. The highest BCUT2D eigenvalue weighted by Gasteiger charge is 2.22. The topological polar surface area (TPSA) is 65.0 Å². The van der Waals surface area contributed by atoms with Crippen molar-refractivity contribution >= 4 is 43.9 Å². The van der Waals surface area contributed by atoms with E-state index in [-0.39, 0.29) is 0 Å². The number of benzene rings is 8. The van der Waals surface area contributed by atoms with Gasteiger partial charge in [-0.15, -0.1) is 0 Å². The maximum atomic E-state index is 6.81. The Morgan fingerprint density at radius 1 is 0.286 bits per heavy atom. The van der Waals surface area contributed by atoms with E-state index in [0.29, 0.717) is 23.1 Å². The summed E-state index contributed by atoms with van der Waals surface area (Å²) in [5.74, 6) is 1.75. The van der Waals surface area contributed by atoms with E-state index in [0.717, 1.165) is 77.2 Å². The van der Waals surface area contributed by atoms with Crippen LogP contribution >= 0.6 is 0 Å². The van der Waals surface area contributed by atoms with Crippen molar-refractivity contribution < 1.29 is 8.83 Å². The van der Waals surface area contributed by atoms with Crippen molar-refractivity contribution in [2.75, 3.05) is 0 Å². The summed E-state index contributed by atoms with van der Waals surface area (Å²) < 4.78 is 13.5. The molecule has 0 saturated heterocycles. The molecule has 3 aromatic heterocycles. The second-order valence-electron chi connectivity index (χ2n) is 13.9. The first-order chi connectivity index (χ1) is 27.7. The van der Waals surface area contributed by atoms with Crippen molar-refractivity contribution in [2.24, 2.45) is 0 Å². The molecular weight excluding hydrogens is 687 g/mol. The van der Waals surface area contributed by atoms with Crippen LogP contribution in [-0.4, -0.2) is 15.0 Å². The lowest BCUT2D eigenvalue weighted by Crippen LogP contribution is -2.00. The number of nitrogens with zero attached hydrogens (tertiary/aromatic N) is 3. The summed E-state index contributed by atoms with van der Waals surface area (Å²) in [5.41, 5.74) is 12.4. The third-order valence-corrected chi connectivity index (χ3v) is 10.5. The van der Waals surface area contributed by atoms with Crippen molar-refractivity contribution in [3.8, 4) is 67.5 Å². The lowest BCUT2D eigenvalue weighted by molar-refractivity contribution is 0.669. The van der Waals surface area contributed by atoms with Gasteiger partial charge in [0.25, 0.3) is 0 Å². The third-order valence-electron chi connectivity index (χ3n) is 10.5. The molecule has 0 saturated carbocycles. The quantitative estimate of drug-likeness (QED) is 0.171. The fraction of sp³-hybridized carbons (Fsp3) is 0. The Labute approximate surface area is 322 Å². The van der Waals surface area contributed by atoms with Crippen LogP contribution in [0.15, 0.2) is 197 Å². The van der Waals surface area contributed by atoms with Crippen molar-refractivity contribution in [1.82, 2.24) is 15.0 Å². The SMILES string of the molecule is c1ccc(-c2cccc(-c3cc(-c4cccc5oc6c(-c7nc(-c8ccccc8)nc(-c8ccccc8)n7)cccc6c45)c4oc5ccccc5c4c3)c2)cc1. The highest BCUT2D eigenvalue weighted by Crippen LogP contribution is 2.45. The minimum atomic E-state index is 0.545. The Morgan fingerprint density at radius 3 is 1.52 bits per heavy atom. The molecule has 0 spiro atoms. The van der Waals surface area contributed by atoms with Crippen LogP contribution in [0.1, 0.15) is 0 Å². The van der Waals surface area contributed by atoms with E-state index in [4.69, 9.17) is 23.8 Å². The van der Waals surface area contributed by atoms with E-state index in [9.17, 15) is 0 Å². The van der Waals surface area contributed by atoms with Crippen molar-refractivity contribution in [3.63, 3.8) is 0 Å². The van der Waals surface area contributed by atoms with Gasteiger partial charge in [-0.2, -0.15) is 0 Å². The van der Waals surface area contributed by atoms with E-state index in [1.165, 1.54) is 11.1 Å². The normalized spacial score (nSPS) is 11.6. The highest BCUT2D eigenvalue weighted by molar-refractivity contribution is 6.19. The molecule has 0 aliphatic carbocycles. The van der Waals surface area contributed by atoms with Gasteiger partial charge in [0.15, 0.2) is 17.5 Å². The first-order valence-corrected chi connectivity index (χ1v) is 18.7. The summed E-state index contributed by atoms with van der Waals surface area (Å²) in [6.07, 6.45) is 0.